The molecule has 3 aromatic carbocycles. The van der Waals surface area contributed by atoms with Crippen LogP contribution in [0.1, 0.15) is 34.0 Å². The van der Waals surface area contributed by atoms with E-state index in [-0.39, 0.29) is 23.9 Å². The number of ketones is 1. The summed E-state index contributed by atoms with van der Waals surface area (Å²) in [5, 5.41) is 0.971. The average molecular weight is 468 g/mol. The van der Waals surface area contributed by atoms with E-state index in [2.05, 4.69) is 11.5 Å². The molecule has 176 valence electrons. The molecule has 0 atom stereocenters. The van der Waals surface area contributed by atoms with Crippen molar-refractivity contribution in [1.82, 2.24) is 4.57 Å². The second-order valence-electron chi connectivity index (χ2n) is 8.40. The molecule has 0 amide bonds. The third kappa shape index (κ3) is 4.19. The van der Waals surface area contributed by atoms with Gasteiger partial charge < -0.3 is 18.8 Å². The number of fused-ring (bicyclic) bond motifs is 2. The number of methoxy groups -OCH3 is 1. The van der Waals surface area contributed by atoms with Gasteiger partial charge in [0.2, 0.25) is 5.78 Å². The highest BCUT2D eigenvalue weighted by Gasteiger charge is 2.31. The van der Waals surface area contributed by atoms with E-state index < -0.39 is 0 Å². The van der Waals surface area contributed by atoms with Crippen LogP contribution >= 0.6 is 0 Å². The number of ether oxygens (including phenoxy) is 3. The monoisotopic (exact) mass is 467 g/mol. The smallest absolute Gasteiger partial charge is 0.315 e. The summed E-state index contributed by atoms with van der Waals surface area (Å²) in [5.41, 5.74) is 3.85. The summed E-state index contributed by atoms with van der Waals surface area (Å²) in [7, 11) is 1.63. The highest BCUT2D eigenvalue weighted by atomic mass is 16.5. The number of carbonyl (C=O) groups excluding carboxylic acids is 2. The van der Waals surface area contributed by atoms with Gasteiger partial charge in [-0.25, -0.2) is 0 Å². The van der Waals surface area contributed by atoms with E-state index in [1.54, 1.807) is 32.2 Å². The Hall–Kier alpha value is -4.32. The van der Waals surface area contributed by atoms with Crippen molar-refractivity contribution in [2.24, 2.45) is 0 Å². The van der Waals surface area contributed by atoms with Crippen LogP contribution in [0, 0.1) is 6.92 Å². The molecule has 2 heterocycles. The molecule has 0 aliphatic carbocycles. The van der Waals surface area contributed by atoms with Gasteiger partial charge in [0.15, 0.2) is 5.76 Å². The Bertz CT molecular complexity index is 1480. The van der Waals surface area contributed by atoms with Gasteiger partial charge in [-0.15, -0.1) is 0 Å². The Morgan fingerprint density at radius 3 is 2.63 bits per heavy atom. The van der Waals surface area contributed by atoms with Gasteiger partial charge in [-0.3, -0.25) is 9.59 Å². The van der Waals surface area contributed by atoms with Crippen molar-refractivity contribution in [3.63, 3.8) is 0 Å². The largest absolute Gasteiger partial charge is 0.497 e. The van der Waals surface area contributed by atoms with Gasteiger partial charge in [-0.1, -0.05) is 30.3 Å². The van der Waals surface area contributed by atoms with E-state index in [0.717, 1.165) is 34.3 Å². The van der Waals surface area contributed by atoms with Crippen LogP contribution < -0.4 is 14.2 Å². The van der Waals surface area contributed by atoms with Crippen LogP contribution in [-0.2, 0) is 17.8 Å². The molecular formula is C29H25NO5. The predicted molar refractivity (Wildman–Crippen MR) is 134 cm³/mol. The van der Waals surface area contributed by atoms with Crippen molar-refractivity contribution < 1.29 is 23.8 Å². The zero-order chi connectivity index (χ0) is 24.5. The molecule has 0 saturated heterocycles. The van der Waals surface area contributed by atoms with Gasteiger partial charge in [0, 0.05) is 34.8 Å². The second-order valence-corrected chi connectivity index (χ2v) is 8.40. The SMILES string of the molecule is CCn1cc(/C=C2\Oc3c(ccc(OC(=O)Cc4ccccc4)c3C)C2=O)c2cc(OC)ccc21. The molecule has 0 saturated carbocycles. The number of rotatable bonds is 6. The molecule has 0 spiro atoms. The Kier molecular flexibility index (Phi) is 5.87. The van der Waals surface area contributed by atoms with Crippen molar-refractivity contribution in [2.75, 3.05) is 7.11 Å². The van der Waals surface area contributed by atoms with Crippen LogP contribution in [0.25, 0.3) is 17.0 Å². The molecule has 1 aliphatic rings. The molecule has 35 heavy (non-hydrogen) atoms. The lowest BCUT2D eigenvalue weighted by atomic mass is 10.1. The minimum Gasteiger partial charge on any atom is -0.497 e. The average Bonchev–Trinajstić information content (AvgIpc) is 3.38. The van der Waals surface area contributed by atoms with E-state index in [1.165, 1.54) is 0 Å². The zero-order valence-corrected chi connectivity index (χ0v) is 19.8. The van der Waals surface area contributed by atoms with Crippen molar-refractivity contribution >= 4 is 28.7 Å². The van der Waals surface area contributed by atoms with Crippen molar-refractivity contribution in [2.45, 2.75) is 26.8 Å². The van der Waals surface area contributed by atoms with Crippen molar-refractivity contribution in [3.8, 4) is 17.2 Å². The first-order valence-electron chi connectivity index (χ1n) is 11.5. The van der Waals surface area contributed by atoms with Gasteiger partial charge in [-0.2, -0.15) is 0 Å². The number of Topliss-reactive ketones (excluding diaryl/α,β-unsaturated/α-hetero) is 1. The fourth-order valence-electron chi connectivity index (χ4n) is 4.35. The first kappa shape index (κ1) is 22.5. The number of hydrogen-bond donors (Lipinski definition) is 0. The first-order chi connectivity index (χ1) is 17.0. The van der Waals surface area contributed by atoms with Gasteiger partial charge in [0.05, 0.1) is 19.1 Å². The number of carbonyl (C=O) groups is 2. The van der Waals surface area contributed by atoms with Crippen LogP contribution in [0.5, 0.6) is 17.2 Å². The van der Waals surface area contributed by atoms with Crippen LogP contribution in [0.3, 0.4) is 0 Å². The molecule has 0 bridgehead atoms. The molecule has 1 aliphatic heterocycles. The lowest BCUT2D eigenvalue weighted by Crippen LogP contribution is -2.12. The molecule has 0 unspecified atom stereocenters. The van der Waals surface area contributed by atoms with Gasteiger partial charge >= 0.3 is 5.97 Å². The third-order valence-corrected chi connectivity index (χ3v) is 6.20. The molecule has 4 aromatic rings. The summed E-state index contributed by atoms with van der Waals surface area (Å²) in [5.74, 6) is 1.19. The molecule has 1 aromatic heterocycles. The molecular weight excluding hydrogens is 442 g/mol. The molecule has 0 radical (unpaired) electrons. The standard InChI is InChI=1S/C29H25NO5/c1-4-30-17-20(23-16-21(33-3)10-12-24(23)30)15-26-28(32)22-11-13-25(18(2)29(22)35-26)34-27(31)14-19-8-6-5-7-9-19/h5-13,15-17H,4,14H2,1-3H3/b26-15-. The Labute approximate surface area is 203 Å². The lowest BCUT2D eigenvalue weighted by Gasteiger charge is -2.10. The van der Waals surface area contributed by atoms with E-state index >= 15 is 0 Å². The zero-order valence-electron chi connectivity index (χ0n) is 19.8. The summed E-state index contributed by atoms with van der Waals surface area (Å²) < 4.78 is 19.1. The summed E-state index contributed by atoms with van der Waals surface area (Å²) in [4.78, 5) is 25.6. The summed E-state index contributed by atoms with van der Waals surface area (Å²) in [6.45, 7) is 4.64. The fraction of sp³-hybridized carbons (Fsp3) is 0.172. The maximum absolute atomic E-state index is 13.1. The number of hydrogen-bond acceptors (Lipinski definition) is 5. The Balaban J connectivity index is 1.44. The molecule has 6 heteroatoms. The molecule has 5 rings (SSSR count). The summed E-state index contributed by atoms with van der Waals surface area (Å²) >= 11 is 0. The number of benzene rings is 3. The normalized spacial score (nSPS) is 13.7. The van der Waals surface area contributed by atoms with Gasteiger partial charge in [0.1, 0.15) is 17.2 Å². The maximum atomic E-state index is 13.1. The number of aromatic nitrogens is 1. The second kappa shape index (κ2) is 9.14. The van der Waals surface area contributed by atoms with Crippen molar-refractivity contribution in [3.05, 3.63) is 94.9 Å². The van der Waals surface area contributed by atoms with E-state index in [4.69, 9.17) is 14.2 Å². The van der Waals surface area contributed by atoms with E-state index in [1.807, 2.05) is 54.7 Å². The minimum atomic E-state index is -0.374. The van der Waals surface area contributed by atoms with Gasteiger partial charge in [-0.05, 0) is 55.8 Å². The van der Waals surface area contributed by atoms with Crippen molar-refractivity contribution in [1.29, 1.82) is 0 Å². The molecule has 0 fully saturated rings. The highest BCUT2D eigenvalue weighted by molar-refractivity contribution is 6.15. The molecule has 0 N–H and O–H groups in total. The summed E-state index contributed by atoms with van der Waals surface area (Å²) in [6, 6.07) is 18.6. The number of nitrogens with zero attached hydrogens (tertiary/aromatic N) is 1. The van der Waals surface area contributed by atoms with E-state index in [0.29, 0.717) is 22.6 Å². The van der Waals surface area contributed by atoms with E-state index in [9.17, 15) is 9.59 Å². The van der Waals surface area contributed by atoms with Crippen LogP contribution in [0.2, 0.25) is 0 Å². The Morgan fingerprint density at radius 2 is 1.89 bits per heavy atom. The lowest BCUT2D eigenvalue weighted by molar-refractivity contribution is -0.133. The van der Waals surface area contributed by atoms with Crippen LogP contribution in [-0.4, -0.2) is 23.4 Å². The summed E-state index contributed by atoms with van der Waals surface area (Å²) in [6.07, 6.45) is 3.92. The quantitative estimate of drug-likeness (QED) is 0.205. The fourth-order valence-corrected chi connectivity index (χ4v) is 4.35. The Morgan fingerprint density at radius 1 is 1.09 bits per heavy atom. The topological polar surface area (TPSA) is 66.8 Å². The van der Waals surface area contributed by atoms with Gasteiger partial charge in [0.25, 0.3) is 0 Å². The maximum Gasteiger partial charge on any atom is 0.315 e. The number of esters is 1. The highest BCUT2D eigenvalue weighted by Crippen LogP contribution is 2.40. The van der Waals surface area contributed by atoms with Crippen LogP contribution in [0.15, 0.2) is 72.6 Å². The van der Waals surface area contributed by atoms with Crippen LogP contribution in [0.4, 0.5) is 0 Å². The minimum absolute atomic E-state index is 0.160. The predicted octanol–water partition coefficient (Wildman–Crippen LogP) is 5.74. The first-order valence-corrected chi connectivity index (χ1v) is 11.5. The number of allylic oxidation sites excluding steroid dienone is 1. The molecule has 6 nitrogen and oxygen atoms in total. The third-order valence-electron chi connectivity index (χ3n) is 6.20. The number of aryl methyl sites for hydroxylation is 1.